The summed E-state index contributed by atoms with van der Waals surface area (Å²) in [5.74, 6) is 1.38. The van der Waals surface area contributed by atoms with E-state index in [1.807, 2.05) is 12.1 Å². The summed E-state index contributed by atoms with van der Waals surface area (Å²) in [6.07, 6.45) is 1.02. The Bertz CT molecular complexity index is 492. The highest BCUT2D eigenvalue weighted by Gasteiger charge is 2.18. The van der Waals surface area contributed by atoms with Crippen molar-refractivity contribution in [2.75, 3.05) is 26.7 Å². The lowest BCUT2D eigenvalue weighted by Gasteiger charge is -2.29. The van der Waals surface area contributed by atoms with E-state index < -0.39 is 0 Å². The molecule has 0 radical (unpaired) electrons. The van der Waals surface area contributed by atoms with Crippen molar-refractivity contribution in [3.05, 3.63) is 29.8 Å². The fourth-order valence-electron chi connectivity index (χ4n) is 2.53. The van der Waals surface area contributed by atoms with Gasteiger partial charge in [0.15, 0.2) is 5.96 Å². The van der Waals surface area contributed by atoms with Crippen LogP contribution in [0, 0.1) is 0 Å². The molecule has 1 rings (SSSR count). The van der Waals surface area contributed by atoms with Crippen LogP contribution in [0.15, 0.2) is 29.3 Å². The zero-order chi connectivity index (χ0) is 17.2. The molecule has 0 aromatic heterocycles. The number of nitrogens with one attached hydrogen (secondary N) is 1. The average Bonchev–Trinajstić information content (AvgIpc) is 2.58. The Morgan fingerprint density at radius 1 is 1.29 bits per heavy atom. The summed E-state index contributed by atoms with van der Waals surface area (Å²) in [7, 11) is 1.69. The van der Waals surface area contributed by atoms with Gasteiger partial charge in [0.25, 0.3) is 0 Å². The molecule has 0 aliphatic carbocycles. The summed E-state index contributed by atoms with van der Waals surface area (Å²) in [6.45, 7) is 11.1. The maximum absolute atomic E-state index is 6.01. The molecular weight excluding hydrogens is 415 g/mol. The Morgan fingerprint density at radius 2 is 1.96 bits per heavy atom. The van der Waals surface area contributed by atoms with Crippen molar-refractivity contribution in [2.45, 2.75) is 46.2 Å². The highest BCUT2D eigenvalue weighted by molar-refractivity contribution is 14.0. The summed E-state index contributed by atoms with van der Waals surface area (Å²) >= 11 is 0. The quantitative estimate of drug-likeness (QED) is 0.345. The molecule has 24 heavy (non-hydrogen) atoms. The number of hydrogen-bond acceptors (Lipinski definition) is 3. The Morgan fingerprint density at radius 3 is 2.50 bits per heavy atom. The van der Waals surface area contributed by atoms with Crippen LogP contribution in [0.25, 0.3) is 0 Å². The zero-order valence-corrected chi connectivity index (χ0v) is 17.9. The maximum atomic E-state index is 6.01. The second kappa shape index (κ2) is 12.4. The SMILES string of the molecule is CCC(C)NC(N)=NCC(c1cccc(OC)c1)N(CC)CC.I. The predicted molar refractivity (Wildman–Crippen MR) is 113 cm³/mol. The Kier molecular flexibility index (Phi) is 11.8. The van der Waals surface area contributed by atoms with Crippen molar-refractivity contribution in [1.29, 1.82) is 0 Å². The van der Waals surface area contributed by atoms with Crippen molar-refractivity contribution in [3.63, 3.8) is 0 Å². The first-order chi connectivity index (χ1) is 11.0. The van der Waals surface area contributed by atoms with Crippen LogP contribution in [0.2, 0.25) is 0 Å². The largest absolute Gasteiger partial charge is 0.497 e. The Hall–Kier alpha value is -1.02. The molecule has 0 aliphatic rings. The number of guanidine groups is 1. The number of rotatable bonds is 9. The molecule has 0 heterocycles. The summed E-state index contributed by atoms with van der Waals surface area (Å²) < 4.78 is 5.35. The normalized spacial score (nSPS) is 14.0. The van der Waals surface area contributed by atoms with Crippen molar-refractivity contribution in [1.82, 2.24) is 10.2 Å². The minimum Gasteiger partial charge on any atom is -0.497 e. The number of benzene rings is 1. The van der Waals surface area contributed by atoms with Gasteiger partial charge < -0.3 is 15.8 Å². The van der Waals surface area contributed by atoms with Gasteiger partial charge in [-0.15, -0.1) is 24.0 Å². The highest BCUT2D eigenvalue weighted by atomic mass is 127. The molecule has 0 fully saturated rings. The maximum Gasteiger partial charge on any atom is 0.188 e. The van der Waals surface area contributed by atoms with Gasteiger partial charge in [-0.2, -0.15) is 0 Å². The van der Waals surface area contributed by atoms with Crippen LogP contribution in [0.4, 0.5) is 0 Å². The van der Waals surface area contributed by atoms with E-state index in [1.165, 1.54) is 5.56 Å². The molecule has 138 valence electrons. The summed E-state index contributed by atoms with van der Waals surface area (Å²) in [5.41, 5.74) is 7.21. The van der Waals surface area contributed by atoms with Crippen LogP contribution in [-0.4, -0.2) is 43.6 Å². The fraction of sp³-hybridized carbons (Fsp3) is 0.611. The third-order valence-electron chi connectivity index (χ3n) is 4.17. The van der Waals surface area contributed by atoms with Crippen LogP contribution in [0.1, 0.15) is 45.7 Å². The number of aliphatic imine (C=N–C) groups is 1. The van der Waals surface area contributed by atoms with Crippen LogP contribution in [0.5, 0.6) is 5.75 Å². The van der Waals surface area contributed by atoms with Crippen molar-refractivity contribution in [3.8, 4) is 5.75 Å². The molecule has 0 saturated heterocycles. The Labute approximate surface area is 164 Å². The lowest BCUT2D eigenvalue weighted by atomic mass is 10.0. The number of ether oxygens (including phenoxy) is 1. The zero-order valence-electron chi connectivity index (χ0n) is 15.6. The van der Waals surface area contributed by atoms with E-state index in [4.69, 9.17) is 10.5 Å². The monoisotopic (exact) mass is 448 g/mol. The van der Waals surface area contributed by atoms with E-state index in [9.17, 15) is 0 Å². The second-order valence-corrected chi connectivity index (χ2v) is 5.69. The molecule has 0 bridgehead atoms. The van der Waals surface area contributed by atoms with Gasteiger partial charge in [0.2, 0.25) is 0 Å². The first-order valence-electron chi connectivity index (χ1n) is 8.50. The fourth-order valence-corrected chi connectivity index (χ4v) is 2.53. The molecule has 0 saturated carbocycles. The average molecular weight is 448 g/mol. The van der Waals surface area contributed by atoms with Gasteiger partial charge in [-0.3, -0.25) is 9.89 Å². The predicted octanol–water partition coefficient (Wildman–Crippen LogP) is 3.40. The third kappa shape index (κ3) is 7.25. The summed E-state index contributed by atoms with van der Waals surface area (Å²) in [6, 6.07) is 8.72. The molecule has 2 unspecified atom stereocenters. The standard InChI is InChI=1S/C18H32N4O.HI/c1-6-14(4)21-18(19)20-13-17(22(7-2)8-3)15-10-9-11-16(12-15)23-5;/h9-12,14,17H,6-8,13H2,1-5H3,(H3,19,20,21);1H. The number of hydrogen-bond donors (Lipinski definition) is 2. The smallest absolute Gasteiger partial charge is 0.188 e. The lowest BCUT2D eigenvalue weighted by molar-refractivity contribution is 0.224. The number of methoxy groups -OCH3 is 1. The van der Waals surface area contributed by atoms with Crippen molar-refractivity contribution >= 4 is 29.9 Å². The highest BCUT2D eigenvalue weighted by Crippen LogP contribution is 2.24. The molecule has 1 aromatic rings. The molecule has 3 N–H and O–H groups in total. The molecule has 5 nitrogen and oxygen atoms in total. The van der Waals surface area contributed by atoms with E-state index >= 15 is 0 Å². The molecular formula is C18H33IN4O. The van der Waals surface area contributed by atoms with Crippen molar-refractivity contribution in [2.24, 2.45) is 10.7 Å². The number of likely N-dealkylation sites (N-methyl/N-ethyl adjacent to an activating group) is 1. The lowest BCUT2D eigenvalue weighted by Crippen LogP contribution is -2.39. The summed E-state index contributed by atoms with van der Waals surface area (Å²) in [5, 5.41) is 3.22. The first kappa shape index (κ1) is 23.0. The van der Waals surface area contributed by atoms with Crippen LogP contribution < -0.4 is 15.8 Å². The van der Waals surface area contributed by atoms with Gasteiger partial charge in [-0.05, 0) is 44.1 Å². The van der Waals surface area contributed by atoms with Crippen LogP contribution in [-0.2, 0) is 0 Å². The van der Waals surface area contributed by atoms with Crippen molar-refractivity contribution < 1.29 is 4.74 Å². The van der Waals surface area contributed by atoms with E-state index in [1.54, 1.807) is 7.11 Å². The number of nitrogens with two attached hydrogens (primary N) is 1. The van der Waals surface area contributed by atoms with Gasteiger partial charge in [0, 0.05) is 6.04 Å². The third-order valence-corrected chi connectivity index (χ3v) is 4.17. The van der Waals surface area contributed by atoms with Crippen LogP contribution >= 0.6 is 24.0 Å². The number of halogens is 1. The van der Waals surface area contributed by atoms with Gasteiger partial charge in [0.05, 0.1) is 19.7 Å². The molecule has 0 amide bonds. The first-order valence-corrected chi connectivity index (χ1v) is 8.50. The van der Waals surface area contributed by atoms with Gasteiger partial charge in [-0.1, -0.05) is 32.9 Å². The molecule has 6 heteroatoms. The van der Waals surface area contributed by atoms with Gasteiger partial charge in [0.1, 0.15) is 5.75 Å². The molecule has 0 aliphatic heterocycles. The minimum atomic E-state index is 0. The number of nitrogens with zero attached hydrogens (tertiary/aromatic N) is 2. The van der Waals surface area contributed by atoms with E-state index in [0.29, 0.717) is 18.5 Å². The topological polar surface area (TPSA) is 62.9 Å². The summed E-state index contributed by atoms with van der Waals surface area (Å²) in [4.78, 5) is 6.95. The molecule has 0 spiro atoms. The molecule has 1 aromatic carbocycles. The van der Waals surface area contributed by atoms with Gasteiger partial charge >= 0.3 is 0 Å². The molecule has 2 atom stereocenters. The van der Waals surface area contributed by atoms with Crippen LogP contribution in [0.3, 0.4) is 0 Å². The van der Waals surface area contributed by atoms with E-state index in [-0.39, 0.29) is 30.0 Å². The van der Waals surface area contributed by atoms with Gasteiger partial charge in [-0.25, -0.2) is 0 Å². The minimum absolute atomic E-state index is 0. The Balaban J connectivity index is 0.00000529. The second-order valence-electron chi connectivity index (χ2n) is 5.69. The van der Waals surface area contributed by atoms with E-state index in [2.05, 4.69) is 55.0 Å². The van der Waals surface area contributed by atoms with E-state index in [0.717, 1.165) is 25.3 Å².